The second-order valence-corrected chi connectivity index (χ2v) is 4.98. The fraction of sp³-hybridized carbons (Fsp3) is 0.308. The van der Waals surface area contributed by atoms with Gasteiger partial charge in [-0.25, -0.2) is 9.59 Å². The summed E-state index contributed by atoms with van der Waals surface area (Å²) in [4.78, 5) is 23.0. The maximum Gasteiger partial charge on any atom is 0.339 e. The van der Waals surface area contributed by atoms with E-state index in [1.807, 2.05) is 0 Å². The second kappa shape index (κ2) is 5.09. The van der Waals surface area contributed by atoms with Crippen LogP contribution in [-0.2, 0) is 4.74 Å². The average Bonchev–Trinajstić information content (AvgIpc) is 2.25. The molecule has 0 unspecified atom stereocenters. The summed E-state index contributed by atoms with van der Waals surface area (Å²) < 4.78 is 5.14. The van der Waals surface area contributed by atoms with Gasteiger partial charge in [-0.05, 0) is 32.9 Å². The van der Waals surface area contributed by atoms with Crippen LogP contribution in [0.15, 0.2) is 18.2 Å². The van der Waals surface area contributed by atoms with Gasteiger partial charge in [-0.2, -0.15) is 0 Å². The number of ether oxygens (including phenoxy) is 1. The quantitative estimate of drug-likeness (QED) is 0.436. The van der Waals surface area contributed by atoms with Gasteiger partial charge in [0.2, 0.25) is 0 Å². The number of hydrogen-bond acceptors (Lipinski definition) is 4. The molecule has 0 fully saturated rings. The Morgan fingerprint density at radius 2 is 1.84 bits per heavy atom. The third-order valence-corrected chi connectivity index (χ3v) is 2.18. The molecule has 4 N–H and O–H groups in total. The molecule has 1 aromatic carbocycles. The lowest BCUT2D eigenvalue weighted by Gasteiger charge is -2.20. The lowest BCUT2D eigenvalue weighted by molar-refractivity contribution is 0.00658. The first-order valence-corrected chi connectivity index (χ1v) is 5.57. The van der Waals surface area contributed by atoms with E-state index < -0.39 is 17.5 Å². The van der Waals surface area contributed by atoms with Crippen molar-refractivity contribution >= 4 is 17.8 Å². The topological polar surface area (TPSA) is 113 Å². The number of amidine groups is 1. The Balaban J connectivity index is 3.29. The third kappa shape index (κ3) is 3.80. The summed E-state index contributed by atoms with van der Waals surface area (Å²) in [6.45, 7) is 5.04. The van der Waals surface area contributed by atoms with Crippen LogP contribution in [-0.4, -0.2) is 28.5 Å². The predicted molar refractivity (Wildman–Crippen MR) is 69.6 cm³/mol. The van der Waals surface area contributed by atoms with Crippen LogP contribution in [0.3, 0.4) is 0 Å². The van der Waals surface area contributed by atoms with E-state index in [4.69, 9.17) is 21.0 Å². The van der Waals surface area contributed by atoms with E-state index >= 15 is 0 Å². The fourth-order valence-corrected chi connectivity index (χ4v) is 1.40. The first kappa shape index (κ1) is 14.7. The number of nitrogens with one attached hydrogen (secondary N) is 1. The average molecular weight is 264 g/mol. The lowest BCUT2D eigenvalue weighted by Crippen LogP contribution is -2.25. The van der Waals surface area contributed by atoms with Crippen LogP contribution in [0.2, 0.25) is 0 Å². The van der Waals surface area contributed by atoms with E-state index in [1.165, 1.54) is 18.2 Å². The van der Waals surface area contributed by atoms with Gasteiger partial charge in [-0.15, -0.1) is 0 Å². The summed E-state index contributed by atoms with van der Waals surface area (Å²) in [5, 5.41) is 16.4. The summed E-state index contributed by atoms with van der Waals surface area (Å²) >= 11 is 0. The standard InChI is InChI=1S/C13H16N2O4/c1-13(2,3)19-12(18)9-6-7(10(14)15)4-5-8(9)11(16)17/h4-6H,1-3H3,(H3,14,15)(H,16,17). The van der Waals surface area contributed by atoms with Crippen LogP contribution >= 0.6 is 0 Å². The molecule has 0 spiro atoms. The Kier molecular flexibility index (Phi) is 3.94. The van der Waals surface area contributed by atoms with E-state index in [-0.39, 0.29) is 22.5 Å². The summed E-state index contributed by atoms with van der Waals surface area (Å²) in [5.74, 6) is -2.24. The van der Waals surface area contributed by atoms with E-state index in [0.29, 0.717) is 0 Å². The number of nitrogen functional groups attached to an aromatic ring is 1. The minimum Gasteiger partial charge on any atom is -0.478 e. The van der Waals surface area contributed by atoms with Gasteiger partial charge in [0.05, 0.1) is 11.1 Å². The molecular formula is C13H16N2O4. The van der Waals surface area contributed by atoms with Gasteiger partial charge in [0, 0.05) is 5.56 Å². The maximum absolute atomic E-state index is 12.0. The minimum absolute atomic E-state index is 0.116. The Bertz CT molecular complexity index is 544. The first-order valence-electron chi connectivity index (χ1n) is 5.57. The van der Waals surface area contributed by atoms with Crippen LogP contribution in [0.25, 0.3) is 0 Å². The van der Waals surface area contributed by atoms with E-state index in [2.05, 4.69) is 0 Å². The number of carbonyl (C=O) groups excluding carboxylic acids is 1. The zero-order valence-corrected chi connectivity index (χ0v) is 11.0. The molecule has 0 aliphatic heterocycles. The highest BCUT2D eigenvalue weighted by molar-refractivity contribution is 6.05. The molecule has 0 atom stereocenters. The molecular weight excluding hydrogens is 248 g/mol. The Hall–Kier alpha value is -2.37. The van der Waals surface area contributed by atoms with Gasteiger partial charge in [-0.3, -0.25) is 5.41 Å². The summed E-state index contributed by atoms with van der Waals surface area (Å²) in [6, 6.07) is 3.86. The van der Waals surface area contributed by atoms with Crippen molar-refractivity contribution in [2.45, 2.75) is 26.4 Å². The summed E-state index contributed by atoms with van der Waals surface area (Å²) in [6.07, 6.45) is 0. The number of aromatic carboxylic acids is 1. The zero-order valence-electron chi connectivity index (χ0n) is 11.0. The van der Waals surface area contributed by atoms with Gasteiger partial charge < -0.3 is 15.6 Å². The largest absolute Gasteiger partial charge is 0.478 e. The minimum atomic E-state index is -1.24. The molecule has 102 valence electrons. The molecule has 0 aliphatic rings. The second-order valence-electron chi connectivity index (χ2n) is 4.98. The number of esters is 1. The summed E-state index contributed by atoms with van der Waals surface area (Å²) in [5.41, 5.74) is 4.56. The molecule has 0 radical (unpaired) electrons. The number of nitrogens with two attached hydrogens (primary N) is 1. The van der Waals surface area contributed by atoms with Gasteiger partial charge in [0.25, 0.3) is 0 Å². The fourth-order valence-electron chi connectivity index (χ4n) is 1.40. The number of rotatable bonds is 3. The Morgan fingerprint density at radius 3 is 2.26 bits per heavy atom. The molecule has 0 amide bonds. The molecule has 0 aromatic heterocycles. The highest BCUT2D eigenvalue weighted by Gasteiger charge is 2.23. The number of carbonyl (C=O) groups is 2. The molecule has 0 saturated carbocycles. The van der Waals surface area contributed by atoms with Crippen LogP contribution in [0, 0.1) is 5.41 Å². The molecule has 1 rings (SSSR count). The van der Waals surface area contributed by atoms with E-state index in [9.17, 15) is 9.59 Å². The van der Waals surface area contributed by atoms with Gasteiger partial charge >= 0.3 is 11.9 Å². The highest BCUT2D eigenvalue weighted by atomic mass is 16.6. The lowest BCUT2D eigenvalue weighted by atomic mass is 10.0. The van der Waals surface area contributed by atoms with Gasteiger partial charge in [-0.1, -0.05) is 6.07 Å². The SMILES string of the molecule is CC(C)(C)OC(=O)c1cc(C(=N)N)ccc1C(=O)O. The van der Waals surface area contributed by atoms with Crippen molar-refractivity contribution in [1.29, 1.82) is 5.41 Å². The molecule has 6 heteroatoms. The van der Waals surface area contributed by atoms with Crippen LogP contribution in [0.1, 0.15) is 47.1 Å². The number of benzene rings is 1. The van der Waals surface area contributed by atoms with Crippen molar-refractivity contribution in [3.8, 4) is 0 Å². The third-order valence-electron chi connectivity index (χ3n) is 2.18. The smallest absolute Gasteiger partial charge is 0.339 e. The molecule has 19 heavy (non-hydrogen) atoms. The molecule has 0 saturated heterocycles. The molecule has 6 nitrogen and oxygen atoms in total. The Morgan fingerprint density at radius 1 is 1.26 bits per heavy atom. The van der Waals surface area contributed by atoms with Crippen molar-refractivity contribution in [2.24, 2.45) is 5.73 Å². The molecule has 0 heterocycles. The summed E-state index contributed by atoms with van der Waals surface area (Å²) in [7, 11) is 0. The van der Waals surface area contributed by atoms with Crippen molar-refractivity contribution in [1.82, 2.24) is 0 Å². The number of hydrogen-bond donors (Lipinski definition) is 3. The van der Waals surface area contributed by atoms with Crippen molar-refractivity contribution in [3.63, 3.8) is 0 Å². The predicted octanol–water partition coefficient (Wildman–Crippen LogP) is 1.62. The van der Waals surface area contributed by atoms with Crippen LogP contribution in [0.4, 0.5) is 0 Å². The van der Waals surface area contributed by atoms with Crippen molar-refractivity contribution < 1.29 is 19.4 Å². The number of carboxylic acid groups (broad SMARTS) is 1. The molecule has 0 bridgehead atoms. The van der Waals surface area contributed by atoms with E-state index in [0.717, 1.165) is 0 Å². The molecule has 1 aromatic rings. The van der Waals surface area contributed by atoms with Crippen LogP contribution < -0.4 is 5.73 Å². The highest BCUT2D eigenvalue weighted by Crippen LogP contribution is 2.17. The normalized spacial score (nSPS) is 10.9. The molecule has 0 aliphatic carbocycles. The Labute approximate surface area is 110 Å². The first-order chi connectivity index (χ1) is 8.61. The van der Waals surface area contributed by atoms with Gasteiger partial charge in [0.1, 0.15) is 11.4 Å². The zero-order chi connectivity index (χ0) is 14.8. The van der Waals surface area contributed by atoms with E-state index in [1.54, 1.807) is 20.8 Å². The van der Waals surface area contributed by atoms with Crippen molar-refractivity contribution in [2.75, 3.05) is 0 Å². The van der Waals surface area contributed by atoms with Crippen LogP contribution in [0.5, 0.6) is 0 Å². The van der Waals surface area contributed by atoms with Crippen molar-refractivity contribution in [3.05, 3.63) is 34.9 Å². The maximum atomic E-state index is 12.0. The monoisotopic (exact) mass is 264 g/mol. The van der Waals surface area contributed by atoms with Gasteiger partial charge in [0.15, 0.2) is 0 Å². The number of carboxylic acids is 1.